The van der Waals surface area contributed by atoms with E-state index in [2.05, 4.69) is 83.9 Å². The van der Waals surface area contributed by atoms with Crippen LogP contribution < -0.4 is 14.5 Å². The quantitative estimate of drug-likeness (QED) is 0.363. The molecule has 3 aromatic rings. The number of carbonyl (C=O) groups excluding carboxylic acids is 1. The Morgan fingerprint density at radius 1 is 1.12 bits per heavy atom. The van der Waals surface area contributed by atoms with Crippen LogP contribution in [0.1, 0.15) is 36.9 Å². The van der Waals surface area contributed by atoms with Gasteiger partial charge in [-0.2, -0.15) is 15.2 Å². The van der Waals surface area contributed by atoms with E-state index in [-0.39, 0.29) is 18.4 Å². The van der Waals surface area contributed by atoms with Crippen molar-refractivity contribution >= 4 is 28.2 Å². The molecule has 9 heteroatoms. The maximum absolute atomic E-state index is 12.6. The van der Waals surface area contributed by atoms with E-state index in [1.54, 1.807) is 4.90 Å². The molecule has 3 aliphatic rings. The van der Waals surface area contributed by atoms with Crippen LogP contribution in [0.2, 0.25) is 0 Å². The van der Waals surface area contributed by atoms with E-state index in [1.165, 1.54) is 35.4 Å². The molecule has 1 amide bonds. The number of carbonyl (C=O) groups is 1. The van der Waals surface area contributed by atoms with E-state index in [0.29, 0.717) is 50.8 Å². The topological polar surface area (TPSA) is 88.8 Å². The number of nitriles is 1. The zero-order valence-electron chi connectivity index (χ0n) is 25.3. The summed E-state index contributed by atoms with van der Waals surface area (Å²) in [5.41, 5.74) is 3.32. The van der Waals surface area contributed by atoms with Crippen LogP contribution in [0.25, 0.3) is 10.8 Å². The van der Waals surface area contributed by atoms with Gasteiger partial charge in [-0.1, -0.05) is 49.4 Å². The van der Waals surface area contributed by atoms with Gasteiger partial charge in [-0.3, -0.25) is 4.79 Å². The number of amides is 1. The normalized spacial score (nSPS) is 22.0. The van der Waals surface area contributed by atoms with Gasteiger partial charge in [0.05, 0.1) is 37.4 Å². The first-order valence-electron chi connectivity index (χ1n) is 15.4. The minimum Gasteiger partial charge on any atom is -0.463 e. The Kier molecular flexibility index (Phi) is 8.48. The summed E-state index contributed by atoms with van der Waals surface area (Å²) in [5, 5.41) is 12.0. The molecule has 1 aromatic heterocycles. The van der Waals surface area contributed by atoms with Crippen molar-refractivity contribution in [1.29, 1.82) is 5.26 Å². The second-order valence-electron chi connectivity index (χ2n) is 12.2. The maximum Gasteiger partial charge on any atom is 0.318 e. The summed E-state index contributed by atoms with van der Waals surface area (Å²) >= 11 is 0. The average molecular weight is 580 g/mol. The van der Waals surface area contributed by atoms with Crippen molar-refractivity contribution in [2.75, 3.05) is 56.7 Å². The SMILES string of the molecule is C=CC(=O)N1CCN(c2nc(OCC3CCCC3N(C)C)nc3c2CCN(c2cccc4ccccc24)C3)CC1CC#N. The van der Waals surface area contributed by atoms with Crippen molar-refractivity contribution in [3.05, 3.63) is 66.4 Å². The van der Waals surface area contributed by atoms with Crippen LogP contribution in [0, 0.1) is 17.2 Å². The lowest BCUT2D eigenvalue weighted by Gasteiger charge is -2.42. The second-order valence-corrected chi connectivity index (χ2v) is 12.2. The number of piperazine rings is 1. The minimum absolute atomic E-state index is 0.133. The number of nitrogens with zero attached hydrogens (tertiary/aromatic N) is 7. The summed E-state index contributed by atoms with van der Waals surface area (Å²) in [5.74, 6) is 1.19. The molecule has 2 aromatic carbocycles. The molecule has 2 fully saturated rings. The summed E-state index contributed by atoms with van der Waals surface area (Å²) in [6.45, 7) is 7.44. The fourth-order valence-electron chi connectivity index (χ4n) is 7.21. The average Bonchev–Trinajstić information content (AvgIpc) is 3.52. The predicted octanol–water partition coefficient (Wildman–Crippen LogP) is 4.42. The molecule has 1 saturated heterocycles. The van der Waals surface area contributed by atoms with Crippen LogP contribution in [-0.4, -0.2) is 84.6 Å². The molecular formula is C34H41N7O2. The zero-order valence-corrected chi connectivity index (χ0v) is 25.3. The van der Waals surface area contributed by atoms with Crippen molar-refractivity contribution in [3.63, 3.8) is 0 Å². The zero-order chi connectivity index (χ0) is 29.9. The minimum atomic E-state index is -0.227. The second kappa shape index (κ2) is 12.6. The van der Waals surface area contributed by atoms with Crippen LogP contribution in [-0.2, 0) is 17.8 Å². The molecule has 6 rings (SSSR count). The van der Waals surface area contributed by atoms with E-state index in [1.807, 2.05) is 0 Å². The van der Waals surface area contributed by atoms with Gasteiger partial charge >= 0.3 is 6.01 Å². The van der Waals surface area contributed by atoms with Crippen LogP contribution >= 0.6 is 0 Å². The number of rotatable bonds is 8. The van der Waals surface area contributed by atoms with Gasteiger partial charge in [0.1, 0.15) is 5.82 Å². The third kappa shape index (κ3) is 5.89. The van der Waals surface area contributed by atoms with Crippen LogP contribution in [0.3, 0.4) is 0 Å². The largest absolute Gasteiger partial charge is 0.463 e. The van der Waals surface area contributed by atoms with Crippen molar-refractivity contribution in [1.82, 2.24) is 19.8 Å². The van der Waals surface area contributed by atoms with E-state index in [4.69, 9.17) is 14.7 Å². The molecule has 0 radical (unpaired) electrons. The number of anilines is 2. The summed E-state index contributed by atoms with van der Waals surface area (Å²) in [7, 11) is 4.29. The lowest BCUT2D eigenvalue weighted by molar-refractivity contribution is -0.128. The van der Waals surface area contributed by atoms with E-state index >= 15 is 0 Å². The first-order valence-corrected chi connectivity index (χ1v) is 15.4. The molecule has 0 spiro atoms. The predicted molar refractivity (Wildman–Crippen MR) is 169 cm³/mol. The molecule has 0 bridgehead atoms. The molecule has 2 aliphatic heterocycles. The molecule has 3 atom stereocenters. The van der Waals surface area contributed by atoms with Gasteiger partial charge in [-0.15, -0.1) is 0 Å². The molecule has 3 unspecified atom stereocenters. The number of fused-ring (bicyclic) bond motifs is 2. The highest BCUT2D eigenvalue weighted by Crippen LogP contribution is 2.35. The van der Waals surface area contributed by atoms with Gasteiger partial charge in [0, 0.05) is 54.8 Å². The Hall–Kier alpha value is -4.16. The summed E-state index contributed by atoms with van der Waals surface area (Å²) < 4.78 is 6.41. The standard InChI is InChI=1S/C34H41N7O2/c1-4-32(42)41-20-19-40(21-26(41)15-17-35)33-28-16-18-39(31-14-7-10-24-9-5-6-12-27(24)31)22-29(28)36-34(37-33)43-23-25-11-8-13-30(25)38(2)3/h4-7,9-10,12,14,25-26,30H,1,8,11,13,15-16,18-23H2,2-3H3. The Bertz CT molecular complexity index is 1530. The fraction of sp³-hybridized carbons (Fsp3) is 0.471. The first kappa shape index (κ1) is 28.9. The van der Waals surface area contributed by atoms with Gasteiger partial charge in [0.15, 0.2) is 0 Å². The van der Waals surface area contributed by atoms with Crippen LogP contribution in [0.5, 0.6) is 6.01 Å². The lowest BCUT2D eigenvalue weighted by Crippen LogP contribution is -2.55. The van der Waals surface area contributed by atoms with Gasteiger partial charge < -0.3 is 24.3 Å². The molecule has 1 aliphatic carbocycles. The monoisotopic (exact) mass is 579 g/mol. The number of aromatic nitrogens is 2. The van der Waals surface area contributed by atoms with Crippen molar-refractivity contribution in [3.8, 4) is 12.1 Å². The van der Waals surface area contributed by atoms with Gasteiger partial charge in [0.2, 0.25) is 5.91 Å². The highest BCUT2D eigenvalue weighted by Gasteiger charge is 2.34. The number of hydrogen-bond donors (Lipinski definition) is 0. The van der Waals surface area contributed by atoms with E-state index < -0.39 is 0 Å². The fourth-order valence-corrected chi connectivity index (χ4v) is 7.21. The van der Waals surface area contributed by atoms with Crippen LogP contribution in [0.4, 0.5) is 11.5 Å². The van der Waals surface area contributed by atoms with Crippen molar-refractivity contribution in [2.45, 2.75) is 50.7 Å². The summed E-state index contributed by atoms with van der Waals surface area (Å²) in [6, 6.07) is 17.9. The summed E-state index contributed by atoms with van der Waals surface area (Å²) in [6.07, 6.45) is 5.94. The molecular weight excluding hydrogens is 538 g/mol. The molecule has 0 N–H and O–H groups in total. The highest BCUT2D eigenvalue weighted by atomic mass is 16.5. The molecule has 3 heterocycles. The van der Waals surface area contributed by atoms with Crippen molar-refractivity contribution < 1.29 is 9.53 Å². The van der Waals surface area contributed by atoms with E-state index in [9.17, 15) is 10.1 Å². The summed E-state index contributed by atoms with van der Waals surface area (Å²) in [4.78, 5) is 31.3. The molecule has 43 heavy (non-hydrogen) atoms. The van der Waals surface area contributed by atoms with Gasteiger partial charge in [0.25, 0.3) is 0 Å². The Morgan fingerprint density at radius 3 is 2.77 bits per heavy atom. The van der Waals surface area contributed by atoms with Gasteiger partial charge in [-0.05, 0) is 50.9 Å². The van der Waals surface area contributed by atoms with E-state index in [0.717, 1.165) is 36.5 Å². The molecule has 1 saturated carbocycles. The highest BCUT2D eigenvalue weighted by molar-refractivity contribution is 5.94. The molecule has 224 valence electrons. The van der Waals surface area contributed by atoms with Crippen LogP contribution in [0.15, 0.2) is 55.1 Å². The lowest BCUT2D eigenvalue weighted by atomic mass is 10.0. The molecule has 9 nitrogen and oxygen atoms in total. The third-order valence-corrected chi connectivity index (χ3v) is 9.41. The number of benzene rings is 2. The Morgan fingerprint density at radius 2 is 1.95 bits per heavy atom. The smallest absolute Gasteiger partial charge is 0.318 e. The van der Waals surface area contributed by atoms with Crippen molar-refractivity contribution in [2.24, 2.45) is 5.92 Å². The van der Waals surface area contributed by atoms with Gasteiger partial charge in [-0.25, -0.2) is 0 Å². The first-order chi connectivity index (χ1) is 21.0. The number of hydrogen-bond acceptors (Lipinski definition) is 8. The number of ether oxygens (including phenoxy) is 1. The third-order valence-electron chi connectivity index (χ3n) is 9.41. The maximum atomic E-state index is 12.6. The Labute approximate surface area is 254 Å². The Balaban J connectivity index is 1.32.